The molecule has 0 atom stereocenters. The third-order valence-electron chi connectivity index (χ3n) is 0.901. The van der Waals surface area contributed by atoms with Gasteiger partial charge in [0.05, 0.1) is 5.69 Å². The third kappa shape index (κ3) is 1.33. The SMILES string of the molecule is [B]c1nc(Cl)nc(Cl)c1N. The molecule has 1 aromatic rings. The van der Waals surface area contributed by atoms with Crippen LogP contribution in [0, 0.1) is 0 Å². The first-order valence-electron chi connectivity index (χ1n) is 2.35. The summed E-state index contributed by atoms with van der Waals surface area (Å²) in [5.41, 5.74) is 5.57. The minimum atomic E-state index is -0.00306. The van der Waals surface area contributed by atoms with Gasteiger partial charge in [-0.2, -0.15) is 0 Å². The molecule has 0 bridgehead atoms. The molecule has 10 heavy (non-hydrogen) atoms. The molecule has 0 spiro atoms. The van der Waals surface area contributed by atoms with Crippen LogP contribution in [0.1, 0.15) is 0 Å². The molecule has 6 heteroatoms. The van der Waals surface area contributed by atoms with Gasteiger partial charge in [-0.3, -0.25) is 0 Å². The summed E-state index contributed by atoms with van der Waals surface area (Å²) in [6.07, 6.45) is 0. The first-order valence-corrected chi connectivity index (χ1v) is 3.11. The fourth-order valence-electron chi connectivity index (χ4n) is 0.432. The normalized spacial score (nSPS) is 9.80. The highest BCUT2D eigenvalue weighted by molar-refractivity contribution is 6.40. The maximum atomic E-state index is 5.48. The van der Waals surface area contributed by atoms with Crippen LogP contribution in [0.15, 0.2) is 0 Å². The van der Waals surface area contributed by atoms with Crippen molar-refractivity contribution in [2.24, 2.45) is 0 Å². The molecule has 1 aromatic heterocycles. The molecule has 0 unspecified atom stereocenters. The molecule has 3 nitrogen and oxygen atoms in total. The Labute approximate surface area is 69.0 Å². The number of hydrogen-bond acceptors (Lipinski definition) is 3. The van der Waals surface area contributed by atoms with Crippen molar-refractivity contribution in [1.29, 1.82) is 0 Å². The smallest absolute Gasteiger partial charge is 0.223 e. The van der Waals surface area contributed by atoms with E-state index in [4.69, 9.17) is 36.8 Å². The van der Waals surface area contributed by atoms with E-state index in [9.17, 15) is 0 Å². The number of nitrogen functional groups attached to an aromatic ring is 1. The van der Waals surface area contributed by atoms with E-state index in [0.717, 1.165) is 0 Å². The van der Waals surface area contributed by atoms with Crippen LogP contribution in [0.25, 0.3) is 0 Å². The van der Waals surface area contributed by atoms with Gasteiger partial charge in [-0.15, -0.1) is 0 Å². The number of hydrogen-bond donors (Lipinski definition) is 1. The number of halogens is 2. The van der Waals surface area contributed by atoms with Gasteiger partial charge in [-0.25, -0.2) is 9.97 Å². The van der Waals surface area contributed by atoms with E-state index in [1.165, 1.54) is 0 Å². The lowest BCUT2D eigenvalue weighted by Crippen LogP contribution is -2.15. The van der Waals surface area contributed by atoms with E-state index in [1.807, 2.05) is 0 Å². The molecule has 1 heterocycles. The van der Waals surface area contributed by atoms with E-state index in [2.05, 4.69) is 9.97 Å². The van der Waals surface area contributed by atoms with Crippen LogP contribution in [0.4, 0.5) is 5.69 Å². The highest BCUT2D eigenvalue weighted by atomic mass is 35.5. The maximum absolute atomic E-state index is 5.48. The molecule has 2 N–H and O–H groups in total. The molecule has 0 amide bonds. The standard InChI is InChI=1S/C4H2BCl2N3/c5-2-1(8)3(6)10-4(7)9-2/h8H2. The van der Waals surface area contributed by atoms with Crippen LogP contribution in [-0.2, 0) is 0 Å². The van der Waals surface area contributed by atoms with Crippen molar-refractivity contribution < 1.29 is 0 Å². The molecule has 0 aromatic carbocycles. The van der Waals surface area contributed by atoms with Crippen LogP contribution in [0.2, 0.25) is 10.4 Å². The molecular weight excluding hydrogens is 172 g/mol. The Bertz CT molecular complexity index is 242. The molecule has 0 aliphatic carbocycles. The predicted molar refractivity (Wildman–Crippen MR) is 41.9 cm³/mol. The van der Waals surface area contributed by atoms with Crippen LogP contribution in [0.3, 0.4) is 0 Å². The summed E-state index contributed by atoms with van der Waals surface area (Å²) in [5, 5.41) is 0.0780. The van der Waals surface area contributed by atoms with Crippen molar-refractivity contribution in [3.05, 3.63) is 10.4 Å². The van der Waals surface area contributed by atoms with Crippen LogP contribution < -0.4 is 11.3 Å². The molecule has 2 radical (unpaired) electrons. The summed E-state index contributed by atoms with van der Waals surface area (Å²) in [7, 11) is 5.28. The topological polar surface area (TPSA) is 51.8 Å². The van der Waals surface area contributed by atoms with Gasteiger partial charge in [-0.05, 0) is 11.6 Å². The van der Waals surface area contributed by atoms with Gasteiger partial charge >= 0.3 is 0 Å². The Morgan fingerprint density at radius 3 is 2.40 bits per heavy atom. The summed E-state index contributed by atoms with van der Waals surface area (Å²) in [6.45, 7) is 0. The Morgan fingerprint density at radius 1 is 1.30 bits per heavy atom. The zero-order valence-electron chi connectivity index (χ0n) is 4.81. The summed E-state index contributed by atoms with van der Waals surface area (Å²) < 4.78 is 0. The van der Waals surface area contributed by atoms with Crippen molar-refractivity contribution >= 4 is 42.3 Å². The van der Waals surface area contributed by atoms with Gasteiger partial charge in [0.2, 0.25) is 5.28 Å². The van der Waals surface area contributed by atoms with Gasteiger partial charge in [0, 0.05) is 5.59 Å². The first-order chi connectivity index (χ1) is 4.61. The molecule has 0 aliphatic heterocycles. The van der Waals surface area contributed by atoms with Crippen LogP contribution in [-0.4, -0.2) is 17.8 Å². The Kier molecular flexibility index (Phi) is 2.01. The Hall–Kier alpha value is -0.475. The van der Waals surface area contributed by atoms with E-state index in [0.29, 0.717) is 0 Å². The van der Waals surface area contributed by atoms with Gasteiger partial charge in [0.15, 0.2) is 5.15 Å². The molecule has 0 fully saturated rings. The summed E-state index contributed by atoms with van der Waals surface area (Å²) in [4.78, 5) is 7.11. The second kappa shape index (κ2) is 2.64. The quantitative estimate of drug-likeness (QED) is 0.346. The van der Waals surface area contributed by atoms with E-state index >= 15 is 0 Å². The number of nitrogens with two attached hydrogens (primary N) is 1. The van der Waals surface area contributed by atoms with Crippen molar-refractivity contribution in [2.45, 2.75) is 0 Å². The number of rotatable bonds is 0. The van der Waals surface area contributed by atoms with Crippen LogP contribution in [0.5, 0.6) is 0 Å². The molecule has 1 rings (SSSR count). The fourth-order valence-corrected chi connectivity index (χ4v) is 0.827. The molecule has 50 valence electrons. The van der Waals surface area contributed by atoms with Crippen LogP contribution >= 0.6 is 23.2 Å². The van der Waals surface area contributed by atoms with E-state index in [-0.39, 0.29) is 21.7 Å². The molecule has 0 saturated carbocycles. The Morgan fingerprint density at radius 2 is 1.90 bits per heavy atom. The lowest BCUT2D eigenvalue weighted by Gasteiger charge is -1.99. The zero-order chi connectivity index (χ0) is 7.72. The molecule has 0 saturated heterocycles. The fraction of sp³-hybridized carbons (Fsp3) is 0. The average molecular weight is 174 g/mol. The minimum Gasteiger partial charge on any atom is -0.395 e. The number of aromatic nitrogens is 2. The summed E-state index contributed by atoms with van der Waals surface area (Å²) in [6, 6.07) is 0. The van der Waals surface area contributed by atoms with Gasteiger partial charge in [0.1, 0.15) is 7.85 Å². The van der Waals surface area contributed by atoms with Gasteiger partial charge < -0.3 is 5.73 Å². The largest absolute Gasteiger partial charge is 0.395 e. The Balaban J connectivity index is 3.31. The number of nitrogens with zero attached hydrogens (tertiary/aromatic N) is 2. The van der Waals surface area contributed by atoms with Crippen molar-refractivity contribution in [1.82, 2.24) is 9.97 Å². The summed E-state index contributed by atoms with van der Waals surface area (Å²) in [5.74, 6) is 0. The first kappa shape index (κ1) is 7.63. The lowest BCUT2D eigenvalue weighted by atomic mass is 10.0. The van der Waals surface area contributed by atoms with E-state index < -0.39 is 0 Å². The predicted octanol–water partition coefficient (Wildman–Crippen LogP) is 0.159. The molecule has 0 aliphatic rings. The summed E-state index contributed by atoms with van der Waals surface area (Å²) >= 11 is 10.9. The second-order valence-electron chi connectivity index (χ2n) is 1.58. The third-order valence-corrected chi connectivity index (χ3v) is 1.36. The minimum absolute atomic E-state index is 0.00306. The van der Waals surface area contributed by atoms with Crippen molar-refractivity contribution in [3.8, 4) is 0 Å². The number of anilines is 1. The van der Waals surface area contributed by atoms with Crippen molar-refractivity contribution in [3.63, 3.8) is 0 Å². The van der Waals surface area contributed by atoms with E-state index in [1.54, 1.807) is 0 Å². The second-order valence-corrected chi connectivity index (χ2v) is 2.28. The van der Waals surface area contributed by atoms with Gasteiger partial charge in [-0.1, -0.05) is 11.6 Å². The van der Waals surface area contributed by atoms with Crippen molar-refractivity contribution in [2.75, 3.05) is 5.73 Å². The monoisotopic (exact) mass is 173 g/mol. The zero-order valence-corrected chi connectivity index (χ0v) is 6.32. The highest BCUT2D eigenvalue weighted by Gasteiger charge is 2.02. The highest BCUT2D eigenvalue weighted by Crippen LogP contribution is 2.12. The molecular formula is C4H2BCl2N3. The van der Waals surface area contributed by atoms with Gasteiger partial charge in [0.25, 0.3) is 0 Å². The average Bonchev–Trinajstić information content (AvgIpc) is 1.82. The maximum Gasteiger partial charge on any atom is 0.223 e. The lowest BCUT2D eigenvalue weighted by molar-refractivity contribution is 1.20.